The van der Waals surface area contributed by atoms with Gasteiger partial charge in [0.05, 0.1) is 25.5 Å². The van der Waals surface area contributed by atoms with Crippen molar-refractivity contribution in [3.8, 4) is 22.9 Å². The first-order valence-electron chi connectivity index (χ1n) is 9.42. The molecule has 1 aliphatic heterocycles. The number of halogens is 1. The Labute approximate surface area is 167 Å². The highest BCUT2D eigenvalue weighted by Gasteiger charge is 2.26. The van der Waals surface area contributed by atoms with Crippen LogP contribution in [0.3, 0.4) is 0 Å². The molecule has 0 aliphatic carbocycles. The lowest BCUT2D eigenvalue weighted by atomic mass is 10.1. The van der Waals surface area contributed by atoms with Gasteiger partial charge < -0.3 is 14.2 Å². The molecule has 7 heteroatoms. The SMILES string of the molecule is O=c1cc(COCCF)n2c(n1)O[C@H](COc1ccc(-c3ccccc3)cc1)C2. The molecule has 6 nitrogen and oxygen atoms in total. The smallest absolute Gasteiger partial charge is 0.300 e. The summed E-state index contributed by atoms with van der Waals surface area (Å²) in [5.41, 5.74) is 2.46. The van der Waals surface area contributed by atoms with Crippen molar-refractivity contribution in [3.05, 3.63) is 76.7 Å². The van der Waals surface area contributed by atoms with Gasteiger partial charge in [-0.05, 0) is 23.3 Å². The van der Waals surface area contributed by atoms with Gasteiger partial charge in [-0.25, -0.2) is 4.39 Å². The zero-order valence-electron chi connectivity index (χ0n) is 15.8. The fourth-order valence-electron chi connectivity index (χ4n) is 3.21. The van der Waals surface area contributed by atoms with Crippen LogP contribution in [0.5, 0.6) is 11.8 Å². The number of rotatable bonds is 8. The van der Waals surface area contributed by atoms with Gasteiger partial charge in [0, 0.05) is 6.07 Å². The fraction of sp³-hybridized carbons (Fsp3) is 0.273. The van der Waals surface area contributed by atoms with E-state index in [2.05, 4.69) is 17.1 Å². The minimum absolute atomic E-state index is 0.0157. The molecule has 0 N–H and O–H groups in total. The van der Waals surface area contributed by atoms with Crippen LogP contribution in [-0.4, -0.2) is 35.5 Å². The summed E-state index contributed by atoms with van der Waals surface area (Å²) < 4.78 is 30.8. The van der Waals surface area contributed by atoms with Crippen molar-refractivity contribution >= 4 is 0 Å². The van der Waals surface area contributed by atoms with E-state index in [1.807, 2.05) is 42.5 Å². The Kier molecular flexibility index (Phi) is 5.86. The van der Waals surface area contributed by atoms with E-state index >= 15 is 0 Å². The number of benzene rings is 2. The molecule has 150 valence electrons. The van der Waals surface area contributed by atoms with Gasteiger partial charge >= 0.3 is 6.01 Å². The van der Waals surface area contributed by atoms with Crippen LogP contribution in [0.2, 0.25) is 0 Å². The van der Waals surface area contributed by atoms with E-state index in [4.69, 9.17) is 14.2 Å². The molecule has 3 aromatic rings. The molecule has 0 unspecified atom stereocenters. The van der Waals surface area contributed by atoms with Crippen molar-refractivity contribution in [1.29, 1.82) is 0 Å². The lowest BCUT2D eigenvalue weighted by Gasteiger charge is -2.12. The molecule has 0 saturated heterocycles. The molecular formula is C22H21FN2O4. The molecule has 1 aliphatic rings. The minimum atomic E-state index is -0.571. The molecule has 2 heterocycles. The number of aromatic nitrogens is 2. The molecule has 0 bridgehead atoms. The third kappa shape index (κ3) is 4.63. The first-order chi connectivity index (χ1) is 14.2. The standard InChI is InChI=1S/C22H21FN2O4/c23-10-11-27-14-18-12-21(26)24-22-25(18)13-20(29-22)15-28-19-8-6-17(7-9-19)16-4-2-1-3-5-16/h1-9,12,20H,10-11,13-15H2/t20-/m0/s1. The Bertz CT molecular complexity index is 1010. The maximum absolute atomic E-state index is 12.2. The first kappa shape index (κ1) is 19.1. The number of hydrogen-bond acceptors (Lipinski definition) is 5. The van der Waals surface area contributed by atoms with Crippen LogP contribution in [0.1, 0.15) is 5.69 Å². The number of nitrogens with zero attached hydrogens (tertiary/aromatic N) is 2. The molecule has 29 heavy (non-hydrogen) atoms. The van der Waals surface area contributed by atoms with E-state index in [9.17, 15) is 9.18 Å². The summed E-state index contributed by atoms with van der Waals surface area (Å²) in [7, 11) is 0. The lowest BCUT2D eigenvalue weighted by Crippen LogP contribution is -2.23. The molecule has 2 aromatic carbocycles. The number of hydrogen-bond donors (Lipinski definition) is 0. The summed E-state index contributed by atoms with van der Waals surface area (Å²) in [6.45, 7) is 0.342. The maximum Gasteiger partial charge on any atom is 0.300 e. The maximum atomic E-state index is 12.2. The van der Waals surface area contributed by atoms with E-state index in [-0.39, 0.29) is 25.3 Å². The predicted octanol–water partition coefficient (Wildman–Crippen LogP) is 3.24. The van der Waals surface area contributed by atoms with Gasteiger partial charge in [0.2, 0.25) is 0 Å². The summed E-state index contributed by atoms with van der Waals surface area (Å²) in [6.07, 6.45) is -0.280. The molecule has 1 atom stereocenters. The van der Waals surface area contributed by atoms with Crippen LogP contribution < -0.4 is 15.0 Å². The van der Waals surface area contributed by atoms with Crippen LogP contribution in [0, 0.1) is 0 Å². The number of alkyl halides is 1. The van der Waals surface area contributed by atoms with Crippen LogP contribution in [0.4, 0.5) is 4.39 Å². The van der Waals surface area contributed by atoms with E-state index in [0.717, 1.165) is 16.9 Å². The average molecular weight is 396 g/mol. The van der Waals surface area contributed by atoms with Crippen molar-refractivity contribution in [2.45, 2.75) is 19.3 Å². The van der Waals surface area contributed by atoms with Crippen LogP contribution in [-0.2, 0) is 17.9 Å². The van der Waals surface area contributed by atoms with Crippen molar-refractivity contribution in [2.75, 3.05) is 19.9 Å². The molecule has 0 amide bonds. The normalized spacial score (nSPS) is 15.0. The van der Waals surface area contributed by atoms with Gasteiger partial charge in [0.1, 0.15) is 19.0 Å². The number of fused-ring (bicyclic) bond motifs is 1. The van der Waals surface area contributed by atoms with E-state index in [0.29, 0.717) is 18.8 Å². The second-order valence-corrected chi connectivity index (χ2v) is 6.66. The van der Waals surface area contributed by atoms with Gasteiger partial charge in [0.25, 0.3) is 5.56 Å². The Morgan fingerprint density at radius 3 is 2.62 bits per heavy atom. The van der Waals surface area contributed by atoms with Gasteiger partial charge in [-0.3, -0.25) is 9.36 Å². The molecular weight excluding hydrogens is 375 g/mol. The average Bonchev–Trinajstić information content (AvgIpc) is 3.16. The quantitative estimate of drug-likeness (QED) is 0.547. The Hall–Kier alpha value is -3.19. The molecule has 1 aromatic heterocycles. The molecule has 0 radical (unpaired) electrons. The first-order valence-corrected chi connectivity index (χ1v) is 9.42. The van der Waals surface area contributed by atoms with Crippen molar-refractivity contribution in [3.63, 3.8) is 0 Å². The summed E-state index contributed by atoms with van der Waals surface area (Å²) in [5.74, 6) is 0.734. The van der Waals surface area contributed by atoms with Crippen molar-refractivity contribution < 1.29 is 18.6 Å². The van der Waals surface area contributed by atoms with Gasteiger partial charge in [-0.1, -0.05) is 42.5 Å². The Morgan fingerprint density at radius 2 is 1.86 bits per heavy atom. The van der Waals surface area contributed by atoms with E-state index < -0.39 is 12.2 Å². The highest BCUT2D eigenvalue weighted by Crippen LogP contribution is 2.24. The fourth-order valence-corrected chi connectivity index (χ4v) is 3.21. The van der Waals surface area contributed by atoms with Gasteiger partial charge in [0.15, 0.2) is 6.10 Å². The Balaban J connectivity index is 1.37. The number of ether oxygens (including phenoxy) is 3. The van der Waals surface area contributed by atoms with E-state index in [1.165, 1.54) is 6.07 Å². The van der Waals surface area contributed by atoms with E-state index in [1.54, 1.807) is 4.57 Å². The largest absolute Gasteiger partial charge is 0.490 e. The molecule has 0 saturated carbocycles. The second-order valence-electron chi connectivity index (χ2n) is 6.66. The summed E-state index contributed by atoms with van der Waals surface area (Å²) >= 11 is 0. The van der Waals surface area contributed by atoms with Crippen LogP contribution in [0.25, 0.3) is 11.1 Å². The monoisotopic (exact) mass is 396 g/mol. The van der Waals surface area contributed by atoms with Crippen molar-refractivity contribution in [2.24, 2.45) is 0 Å². The van der Waals surface area contributed by atoms with Gasteiger partial charge in [-0.2, -0.15) is 4.98 Å². The topological polar surface area (TPSA) is 62.6 Å². The Morgan fingerprint density at radius 1 is 1.10 bits per heavy atom. The predicted molar refractivity (Wildman–Crippen MR) is 106 cm³/mol. The summed E-state index contributed by atoms with van der Waals surface area (Å²) in [5, 5.41) is 0. The zero-order chi connectivity index (χ0) is 20.1. The summed E-state index contributed by atoms with van der Waals surface area (Å²) in [6, 6.07) is 19.6. The van der Waals surface area contributed by atoms with Crippen LogP contribution in [0.15, 0.2) is 65.5 Å². The highest BCUT2D eigenvalue weighted by atomic mass is 19.1. The highest BCUT2D eigenvalue weighted by molar-refractivity contribution is 5.63. The summed E-state index contributed by atoms with van der Waals surface area (Å²) in [4.78, 5) is 15.6. The zero-order valence-corrected chi connectivity index (χ0v) is 15.8. The molecule has 0 fully saturated rings. The molecule has 0 spiro atoms. The third-order valence-corrected chi connectivity index (χ3v) is 4.60. The minimum Gasteiger partial charge on any atom is -0.490 e. The third-order valence-electron chi connectivity index (χ3n) is 4.60. The molecule has 4 rings (SSSR count). The van der Waals surface area contributed by atoms with Crippen molar-refractivity contribution in [1.82, 2.24) is 9.55 Å². The lowest BCUT2D eigenvalue weighted by molar-refractivity contribution is 0.101. The second kappa shape index (κ2) is 8.87. The van der Waals surface area contributed by atoms with Crippen LogP contribution >= 0.6 is 0 Å². The van der Waals surface area contributed by atoms with Gasteiger partial charge in [-0.15, -0.1) is 0 Å².